The number of nitrogens with zero attached hydrogens (tertiary/aromatic N) is 1. The Balaban J connectivity index is 1.88. The van der Waals surface area contributed by atoms with E-state index in [0.717, 1.165) is 11.3 Å². The normalized spacial score (nSPS) is 11.1. The zero-order valence-corrected chi connectivity index (χ0v) is 15.4. The average Bonchev–Trinajstić information content (AvgIpc) is 2.60. The summed E-state index contributed by atoms with van der Waals surface area (Å²) in [5.41, 5.74) is 3.99. The van der Waals surface area contributed by atoms with Crippen molar-refractivity contribution < 1.29 is 14.3 Å². The quantitative estimate of drug-likeness (QED) is 0.574. The van der Waals surface area contributed by atoms with Gasteiger partial charge in [-0.25, -0.2) is 5.43 Å². The van der Waals surface area contributed by atoms with Crippen molar-refractivity contribution in [3.63, 3.8) is 0 Å². The van der Waals surface area contributed by atoms with Crippen molar-refractivity contribution in [2.75, 3.05) is 13.2 Å². The van der Waals surface area contributed by atoms with Crippen molar-refractivity contribution >= 4 is 34.8 Å². The molecule has 7 heteroatoms. The van der Waals surface area contributed by atoms with E-state index in [0.29, 0.717) is 28.1 Å². The van der Waals surface area contributed by atoms with Gasteiger partial charge in [0.25, 0.3) is 5.91 Å². The molecule has 1 N–H and O–H groups in total. The number of hydrogen-bond acceptors (Lipinski definition) is 4. The van der Waals surface area contributed by atoms with Crippen LogP contribution >= 0.6 is 23.2 Å². The molecule has 0 spiro atoms. The molecule has 132 valence electrons. The molecule has 0 saturated heterocycles. The molecule has 0 fully saturated rings. The van der Waals surface area contributed by atoms with E-state index in [9.17, 15) is 4.79 Å². The monoisotopic (exact) mass is 380 g/mol. The summed E-state index contributed by atoms with van der Waals surface area (Å²) >= 11 is 11.8. The van der Waals surface area contributed by atoms with E-state index in [1.54, 1.807) is 25.1 Å². The minimum atomic E-state index is -0.392. The van der Waals surface area contributed by atoms with E-state index in [-0.39, 0.29) is 6.61 Å². The Kier molecular flexibility index (Phi) is 7.10. The number of rotatable bonds is 7. The molecule has 0 aliphatic carbocycles. The average molecular weight is 381 g/mol. The third-order valence-corrected chi connectivity index (χ3v) is 3.71. The van der Waals surface area contributed by atoms with Gasteiger partial charge in [0, 0.05) is 5.02 Å². The summed E-state index contributed by atoms with van der Waals surface area (Å²) in [6, 6.07) is 12.2. The molecule has 0 aliphatic heterocycles. The molecule has 0 aliphatic rings. The number of carbonyl (C=O) groups is 1. The standard InChI is InChI=1S/C18H18Cl2N2O3/c1-3-24-15-7-4-13(5-8-15)12(2)21-22-18(23)11-25-17-9-6-14(19)10-16(17)20/h4-10H,3,11H2,1-2H3,(H,22,23). The molecule has 2 aromatic carbocycles. The highest BCUT2D eigenvalue weighted by molar-refractivity contribution is 6.35. The van der Waals surface area contributed by atoms with Gasteiger partial charge in [-0.3, -0.25) is 4.79 Å². The molecular formula is C18H18Cl2N2O3. The maximum Gasteiger partial charge on any atom is 0.277 e. The maximum atomic E-state index is 11.8. The first kappa shape index (κ1) is 19.1. The van der Waals surface area contributed by atoms with Gasteiger partial charge in [0.1, 0.15) is 11.5 Å². The summed E-state index contributed by atoms with van der Waals surface area (Å²) in [7, 11) is 0. The predicted molar refractivity (Wildman–Crippen MR) is 99.9 cm³/mol. The molecule has 1 amide bonds. The van der Waals surface area contributed by atoms with E-state index in [4.69, 9.17) is 32.7 Å². The molecule has 0 bridgehead atoms. The molecule has 0 radical (unpaired) electrons. The summed E-state index contributed by atoms with van der Waals surface area (Å²) in [4.78, 5) is 11.8. The number of ether oxygens (including phenoxy) is 2. The lowest BCUT2D eigenvalue weighted by molar-refractivity contribution is -0.123. The second-order valence-corrected chi connectivity index (χ2v) is 5.90. The molecule has 0 atom stereocenters. The molecule has 2 aromatic rings. The van der Waals surface area contributed by atoms with Crippen molar-refractivity contribution in [2.45, 2.75) is 13.8 Å². The zero-order valence-electron chi connectivity index (χ0n) is 13.9. The smallest absolute Gasteiger partial charge is 0.277 e. The Morgan fingerprint density at radius 1 is 1.12 bits per heavy atom. The Hall–Kier alpha value is -2.24. The molecule has 0 saturated carbocycles. The lowest BCUT2D eigenvalue weighted by atomic mass is 10.1. The van der Waals surface area contributed by atoms with E-state index in [2.05, 4.69) is 10.5 Å². The largest absolute Gasteiger partial charge is 0.494 e. The van der Waals surface area contributed by atoms with E-state index < -0.39 is 5.91 Å². The third kappa shape index (κ3) is 5.96. The third-order valence-electron chi connectivity index (χ3n) is 3.18. The van der Waals surface area contributed by atoms with Gasteiger partial charge in [0.15, 0.2) is 6.61 Å². The number of hydrazone groups is 1. The van der Waals surface area contributed by atoms with Crippen LogP contribution in [-0.2, 0) is 4.79 Å². The van der Waals surface area contributed by atoms with Crippen molar-refractivity contribution in [3.05, 3.63) is 58.1 Å². The fraction of sp³-hybridized carbons (Fsp3) is 0.222. The number of nitrogens with one attached hydrogen (secondary N) is 1. The first-order valence-electron chi connectivity index (χ1n) is 7.63. The number of carbonyl (C=O) groups excluding carboxylic acids is 1. The Morgan fingerprint density at radius 3 is 2.48 bits per heavy atom. The van der Waals surface area contributed by atoms with Crippen molar-refractivity contribution in [1.29, 1.82) is 0 Å². The minimum absolute atomic E-state index is 0.207. The van der Waals surface area contributed by atoms with Crippen molar-refractivity contribution in [1.82, 2.24) is 5.43 Å². The molecule has 5 nitrogen and oxygen atoms in total. The Morgan fingerprint density at radius 2 is 1.84 bits per heavy atom. The van der Waals surface area contributed by atoms with Crippen LogP contribution in [-0.4, -0.2) is 24.8 Å². The van der Waals surface area contributed by atoms with E-state index in [1.165, 1.54) is 0 Å². The van der Waals surface area contributed by atoms with Gasteiger partial charge in [-0.15, -0.1) is 0 Å². The highest BCUT2D eigenvalue weighted by Crippen LogP contribution is 2.27. The van der Waals surface area contributed by atoms with Gasteiger partial charge in [-0.1, -0.05) is 23.2 Å². The Labute approximate surface area is 156 Å². The lowest BCUT2D eigenvalue weighted by Gasteiger charge is -2.08. The van der Waals surface area contributed by atoms with Crippen LogP contribution in [0.1, 0.15) is 19.4 Å². The van der Waals surface area contributed by atoms with Gasteiger partial charge in [0.2, 0.25) is 0 Å². The van der Waals surface area contributed by atoms with Crippen molar-refractivity contribution in [2.24, 2.45) is 5.10 Å². The zero-order chi connectivity index (χ0) is 18.2. The van der Waals surface area contributed by atoms with Gasteiger partial charge < -0.3 is 9.47 Å². The minimum Gasteiger partial charge on any atom is -0.494 e. The van der Waals surface area contributed by atoms with Gasteiger partial charge in [-0.2, -0.15) is 5.10 Å². The topological polar surface area (TPSA) is 59.9 Å². The highest BCUT2D eigenvalue weighted by atomic mass is 35.5. The first-order valence-corrected chi connectivity index (χ1v) is 8.39. The van der Waals surface area contributed by atoms with Crippen molar-refractivity contribution in [3.8, 4) is 11.5 Å². The number of hydrogen-bond donors (Lipinski definition) is 1. The van der Waals surface area contributed by atoms with Gasteiger partial charge in [0.05, 0.1) is 17.3 Å². The Bertz CT molecular complexity index is 761. The second kappa shape index (κ2) is 9.30. The summed E-state index contributed by atoms with van der Waals surface area (Å²) in [6.45, 7) is 4.13. The molecule has 0 heterocycles. The fourth-order valence-corrected chi connectivity index (χ4v) is 2.40. The lowest BCUT2D eigenvalue weighted by Crippen LogP contribution is -2.25. The SMILES string of the molecule is CCOc1ccc(C(C)=NNC(=O)COc2ccc(Cl)cc2Cl)cc1. The molecule has 25 heavy (non-hydrogen) atoms. The molecule has 0 aromatic heterocycles. The second-order valence-electron chi connectivity index (χ2n) is 5.05. The van der Waals surface area contributed by atoms with Crippen LogP contribution in [0, 0.1) is 0 Å². The highest BCUT2D eigenvalue weighted by Gasteiger charge is 2.06. The molecule has 2 rings (SSSR count). The van der Waals surface area contributed by atoms with Gasteiger partial charge in [-0.05, 0) is 61.9 Å². The fourth-order valence-electron chi connectivity index (χ4n) is 1.94. The van der Waals surface area contributed by atoms with Crippen LogP contribution in [0.5, 0.6) is 11.5 Å². The number of halogens is 2. The predicted octanol–water partition coefficient (Wildman–Crippen LogP) is 4.31. The summed E-state index contributed by atoms with van der Waals surface area (Å²) in [6.07, 6.45) is 0. The summed E-state index contributed by atoms with van der Waals surface area (Å²) < 4.78 is 10.7. The number of amides is 1. The van der Waals surface area contributed by atoms with Gasteiger partial charge >= 0.3 is 0 Å². The van der Waals surface area contributed by atoms with Crippen LogP contribution in [0.25, 0.3) is 0 Å². The van der Waals surface area contributed by atoms with Crippen LogP contribution in [0.3, 0.4) is 0 Å². The molecular weight excluding hydrogens is 363 g/mol. The number of benzene rings is 2. The van der Waals surface area contributed by atoms with Crippen LogP contribution in [0.4, 0.5) is 0 Å². The molecule has 0 unspecified atom stereocenters. The van der Waals surface area contributed by atoms with Crippen LogP contribution in [0.2, 0.25) is 10.0 Å². The van der Waals surface area contributed by atoms with Crippen LogP contribution < -0.4 is 14.9 Å². The van der Waals surface area contributed by atoms with Crippen LogP contribution in [0.15, 0.2) is 47.6 Å². The summed E-state index contributed by atoms with van der Waals surface area (Å²) in [5, 5.41) is 4.90. The van der Waals surface area contributed by atoms with E-state index >= 15 is 0 Å². The summed E-state index contributed by atoms with van der Waals surface area (Å²) in [5.74, 6) is 0.779. The first-order chi connectivity index (χ1) is 12.0. The van der Waals surface area contributed by atoms with E-state index in [1.807, 2.05) is 31.2 Å². The maximum absolute atomic E-state index is 11.8.